The lowest BCUT2D eigenvalue weighted by atomic mass is 9.83. The highest BCUT2D eigenvalue weighted by Gasteiger charge is 2.31. The van der Waals surface area contributed by atoms with Crippen LogP contribution in [0.1, 0.15) is 48.1 Å². The summed E-state index contributed by atoms with van der Waals surface area (Å²) < 4.78 is 0. The van der Waals surface area contributed by atoms with Gasteiger partial charge in [-0.2, -0.15) is 0 Å². The number of hydrogen-bond donors (Lipinski definition) is 3. The second kappa shape index (κ2) is 6.28. The average Bonchev–Trinajstić information content (AvgIpc) is 2.84. The molecule has 0 saturated heterocycles. The van der Waals surface area contributed by atoms with Crippen molar-refractivity contribution < 1.29 is 5.11 Å². The molecule has 2 aromatic heterocycles. The summed E-state index contributed by atoms with van der Waals surface area (Å²) in [6, 6.07) is 10.4. The zero-order valence-electron chi connectivity index (χ0n) is 14.8. The van der Waals surface area contributed by atoms with E-state index in [9.17, 15) is 5.11 Å². The summed E-state index contributed by atoms with van der Waals surface area (Å²) in [4.78, 5) is 7.81. The number of H-pyrrole nitrogens is 1. The van der Waals surface area contributed by atoms with E-state index in [1.807, 2.05) is 19.1 Å². The van der Waals surface area contributed by atoms with Crippen molar-refractivity contribution in [2.45, 2.75) is 44.8 Å². The first-order chi connectivity index (χ1) is 12.0. The molecule has 25 heavy (non-hydrogen) atoms. The monoisotopic (exact) mass is 335 g/mol. The molecule has 0 saturated carbocycles. The van der Waals surface area contributed by atoms with Crippen molar-refractivity contribution in [3.8, 4) is 0 Å². The average molecular weight is 335 g/mol. The summed E-state index contributed by atoms with van der Waals surface area (Å²) in [5.74, 6) is 0.285. The van der Waals surface area contributed by atoms with E-state index < -0.39 is 5.60 Å². The van der Waals surface area contributed by atoms with E-state index in [4.69, 9.17) is 0 Å². The predicted octanol–water partition coefficient (Wildman–Crippen LogP) is 3.75. The van der Waals surface area contributed by atoms with Gasteiger partial charge in [0.2, 0.25) is 0 Å². The summed E-state index contributed by atoms with van der Waals surface area (Å²) in [6.07, 6.45) is 5.20. The minimum Gasteiger partial charge on any atom is -0.385 e. The molecule has 0 amide bonds. The fraction of sp³-hybridized carbons (Fsp3) is 0.381. The van der Waals surface area contributed by atoms with Gasteiger partial charge in [0.05, 0.1) is 5.60 Å². The molecule has 2 atom stereocenters. The van der Waals surface area contributed by atoms with E-state index in [0.717, 1.165) is 25.1 Å². The molecule has 1 aliphatic rings. The molecule has 0 aliphatic carbocycles. The van der Waals surface area contributed by atoms with E-state index in [0.29, 0.717) is 6.42 Å². The molecule has 3 N–H and O–H groups in total. The van der Waals surface area contributed by atoms with Crippen LogP contribution in [0.15, 0.2) is 42.7 Å². The third-order valence-corrected chi connectivity index (χ3v) is 5.40. The van der Waals surface area contributed by atoms with Crippen LogP contribution in [0.2, 0.25) is 0 Å². The SMILES string of the molecule is Cc1ccc2[nH]c3c(c2c1)CNCCC3CC(C)(O)c1cccnc1. The third kappa shape index (κ3) is 3.08. The Bertz CT molecular complexity index is 883. The summed E-state index contributed by atoms with van der Waals surface area (Å²) in [5, 5.41) is 15.9. The van der Waals surface area contributed by atoms with Crippen LogP contribution in [-0.4, -0.2) is 21.6 Å². The summed E-state index contributed by atoms with van der Waals surface area (Å²) in [7, 11) is 0. The summed E-state index contributed by atoms with van der Waals surface area (Å²) >= 11 is 0. The van der Waals surface area contributed by atoms with Crippen LogP contribution < -0.4 is 5.32 Å². The van der Waals surface area contributed by atoms with Gasteiger partial charge in [-0.05, 0) is 57.0 Å². The Morgan fingerprint density at radius 2 is 2.20 bits per heavy atom. The van der Waals surface area contributed by atoms with Crippen molar-refractivity contribution >= 4 is 10.9 Å². The normalized spacial score (nSPS) is 20.0. The number of aliphatic hydroxyl groups is 1. The van der Waals surface area contributed by atoms with Crippen LogP contribution >= 0.6 is 0 Å². The lowest BCUT2D eigenvalue weighted by Crippen LogP contribution is -2.25. The first kappa shape index (κ1) is 16.3. The van der Waals surface area contributed by atoms with Crippen molar-refractivity contribution in [2.75, 3.05) is 6.54 Å². The van der Waals surface area contributed by atoms with Gasteiger partial charge in [-0.1, -0.05) is 17.7 Å². The number of rotatable bonds is 3. The lowest BCUT2D eigenvalue weighted by molar-refractivity contribution is 0.0384. The molecule has 0 radical (unpaired) electrons. The number of nitrogens with one attached hydrogen (secondary N) is 2. The Hall–Kier alpha value is -2.17. The van der Waals surface area contributed by atoms with Gasteiger partial charge in [0.25, 0.3) is 0 Å². The third-order valence-electron chi connectivity index (χ3n) is 5.40. The minimum atomic E-state index is -0.895. The molecule has 1 aromatic carbocycles. The van der Waals surface area contributed by atoms with Crippen LogP contribution in [0.5, 0.6) is 0 Å². The zero-order chi connectivity index (χ0) is 17.4. The fourth-order valence-corrected chi connectivity index (χ4v) is 4.04. The van der Waals surface area contributed by atoms with Gasteiger partial charge < -0.3 is 15.4 Å². The highest BCUT2D eigenvalue weighted by molar-refractivity contribution is 5.85. The lowest BCUT2D eigenvalue weighted by Gasteiger charge is -2.28. The van der Waals surface area contributed by atoms with Crippen LogP contribution in [0, 0.1) is 6.92 Å². The first-order valence-electron chi connectivity index (χ1n) is 8.99. The maximum Gasteiger partial charge on any atom is 0.0889 e. The Morgan fingerprint density at radius 1 is 1.32 bits per heavy atom. The molecule has 3 aromatic rings. The molecule has 0 bridgehead atoms. The Morgan fingerprint density at radius 3 is 3.00 bits per heavy atom. The fourth-order valence-electron chi connectivity index (χ4n) is 4.04. The largest absolute Gasteiger partial charge is 0.385 e. The molecule has 3 heterocycles. The van der Waals surface area contributed by atoms with Crippen LogP contribution in [-0.2, 0) is 12.1 Å². The topological polar surface area (TPSA) is 60.9 Å². The molecule has 2 unspecified atom stereocenters. The Balaban J connectivity index is 1.73. The molecule has 4 rings (SSSR count). The highest BCUT2D eigenvalue weighted by atomic mass is 16.3. The smallest absolute Gasteiger partial charge is 0.0889 e. The van der Waals surface area contributed by atoms with E-state index in [1.54, 1.807) is 12.4 Å². The number of nitrogens with zero attached hydrogens (tertiary/aromatic N) is 1. The van der Waals surface area contributed by atoms with E-state index >= 15 is 0 Å². The van der Waals surface area contributed by atoms with Crippen molar-refractivity contribution in [1.29, 1.82) is 0 Å². The van der Waals surface area contributed by atoms with Gasteiger partial charge in [-0.15, -0.1) is 0 Å². The number of pyridine rings is 1. The number of hydrogen-bond acceptors (Lipinski definition) is 3. The number of benzene rings is 1. The zero-order valence-corrected chi connectivity index (χ0v) is 14.8. The highest BCUT2D eigenvalue weighted by Crippen LogP contribution is 2.39. The standard InChI is InChI=1S/C21H25N3O/c1-14-5-6-19-17(10-14)18-13-23-9-7-15(20(18)24-19)11-21(2,25)16-4-3-8-22-12-16/h3-6,8,10,12,15,23-25H,7,9,11,13H2,1-2H3. The van der Waals surface area contributed by atoms with Crippen LogP contribution in [0.4, 0.5) is 0 Å². The number of aromatic nitrogens is 2. The number of aryl methyl sites for hydroxylation is 1. The van der Waals surface area contributed by atoms with Crippen LogP contribution in [0.3, 0.4) is 0 Å². The molecule has 130 valence electrons. The maximum atomic E-state index is 11.1. The van der Waals surface area contributed by atoms with Gasteiger partial charge in [-0.25, -0.2) is 0 Å². The van der Waals surface area contributed by atoms with Gasteiger partial charge in [0.1, 0.15) is 0 Å². The first-order valence-corrected chi connectivity index (χ1v) is 8.99. The maximum absolute atomic E-state index is 11.1. The van der Waals surface area contributed by atoms with Gasteiger partial charge in [0.15, 0.2) is 0 Å². The van der Waals surface area contributed by atoms with Crippen molar-refractivity contribution in [2.24, 2.45) is 0 Å². The van der Waals surface area contributed by atoms with Crippen molar-refractivity contribution in [1.82, 2.24) is 15.3 Å². The Labute approximate surface area is 148 Å². The summed E-state index contributed by atoms with van der Waals surface area (Å²) in [5.41, 5.74) is 5.06. The number of aromatic amines is 1. The molecular formula is C21H25N3O. The summed E-state index contributed by atoms with van der Waals surface area (Å²) in [6.45, 7) is 5.87. The van der Waals surface area contributed by atoms with Gasteiger partial charge in [-0.3, -0.25) is 4.98 Å². The van der Waals surface area contributed by atoms with Crippen molar-refractivity contribution in [3.63, 3.8) is 0 Å². The number of fused-ring (bicyclic) bond motifs is 3. The second-order valence-corrected chi connectivity index (χ2v) is 7.45. The van der Waals surface area contributed by atoms with Crippen LogP contribution in [0.25, 0.3) is 10.9 Å². The van der Waals surface area contributed by atoms with E-state index in [1.165, 1.54) is 27.7 Å². The quantitative estimate of drug-likeness (QED) is 0.683. The second-order valence-electron chi connectivity index (χ2n) is 7.45. The van der Waals surface area contributed by atoms with Gasteiger partial charge in [0, 0.05) is 47.0 Å². The molecule has 4 nitrogen and oxygen atoms in total. The molecule has 4 heteroatoms. The molecule has 0 fully saturated rings. The molecule has 0 spiro atoms. The predicted molar refractivity (Wildman–Crippen MR) is 101 cm³/mol. The Kier molecular flexibility index (Phi) is 4.10. The minimum absolute atomic E-state index is 0.285. The van der Waals surface area contributed by atoms with E-state index in [-0.39, 0.29) is 5.92 Å². The molecule has 1 aliphatic heterocycles. The van der Waals surface area contributed by atoms with Crippen molar-refractivity contribution in [3.05, 3.63) is 65.1 Å². The van der Waals surface area contributed by atoms with E-state index in [2.05, 4.69) is 40.4 Å². The molecular weight excluding hydrogens is 310 g/mol. The van der Waals surface area contributed by atoms with Gasteiger partial charge >= 0.3 is 0 Å².